The standard InChI is InChI=1S/C24H24FN3O3/c1-31-22-8-6-21(7-9-22)28-17-19(5-10-23(28)29)24(30)27-13-11-26(12-14-27)16-18-3-2-4-20(25)15-18/h2-10,15,17H,11-14,16H2,1H3. The van der Waals surface area contributed by atoms with E-state index in [4.69, 9.17) is 4.74 Å². The van der Waals surface area contributed by atoms with Gasteiger partial charge in [-0.1, -0.05) is 12.1 Å². The Morgan fingerprint density at radius 2 is 1.74 bits per heavy atom. The Kier molecular flexibility index (Phi) is 6.13. The van der Waals surface area contributed by atoms with Crippen molar-refractivity contribution in [2.24, 2.45) is 0 Å². The van der Waals surface area contributed by atoms with Crippen molar-refractivity contribution in [2.45, 2.75) is 6.54 Å². The Bertz CT molecular complexity index is 1120. The van der Waals surface area contributed by atoms with Gasteiger partial charge in [-0.15, -0.1) is 0 Å². The molecule has 2 aromatic carbocycles. The number of benzene rings is 2. The number of aromatic nitrogens is 1. The lowest BCUT2D eigenvalue weighted by Gasteiger charge is -2.34. The van der Waals surface area contributed by atoms with E-state index in [9.17, 15) is 14.0 Å². The summed E-state index contributed by atoms with van der Waals surface area (Å²) in [6, 6.07) is 16.7. The SMILES string of the molecule is COc1ccc(-n2cc(C(=O)N3CCN(Cc4cccc(F)c4)CC3)ccc2=O)cc1. The molecular formula is C24H24FN3O3. The Morgan fingerprint density at radius 3 is 2.42 bits per heavy atom. The van der Waals surface area contributed by atoms with Crippen LogP contribution in [0.4, 0.5) is 4.39 Å². The number of carbonyl (C=O) groups is 1. The fourth-order valence-electron chi connectivity index (χ4n) is 3.74. The third-order valence-corrected chi connectivity index (χ3v) is 5.46. The zero-order chi connectivity index (χ0) is 21.8. The molecule has 1 aromatic heterocycles. The molecule has 0 unspecified atom stereocenters. The molecule has 160 valence electrons. The smallest absolute Gasteiger partial charge is 0.255 e. The number of piperazine rings is 1. The van der Waals surface area contributed by atoms with E-state index in [-0.39, 0.29) is 17.3 Å². The minimum atomic E-state index is -0.238. The molecule has 4 rings (SSSR count). The number of nitrogens with zero attached hydrogens (tertiary/aromatic N) is 3. The molecule has 7 heteroatoms. The molecular weight excluding hydrogens is 397 g/mol. The van der Waals surface area contributed by atoms with Crippen molar-refractivity contribution in [3.63, 3.8) is 0 Å². The van der Waals surface area contributed by atoms with Gasteiger partial charge in [-0.3, -0.25) is 19.1 Å². The van der Waals surface area contributed by atoms with Crippen molar-refractivity contribution in [1.29, 1.82) is 0 Å². The van der Waals surface area contributed by atoms with Crippen LogP contribution in [0.5, 0.6) is 5.75 Å². The van der Waals surface area contributed by atoms with Gasteiger partial charge in [0.2, 0.25) is 0 Å². The summed E-state index contributed by atoms with van der Waals surface area (Å²) in [5.74, 6) is 0.353. The quantitative estimate of drug-likeness (QED) is 0.636. The summed E-state index contributed by atoms with van der Waals surface area (Å²) in [5.41, 5.74) is 1.85. The summed E-state index contributed by atoms with van der Waals surface area (Å²) in [6.45, 7) is 3.23. The van der Waals surface area contributed by atoms with E-state index >= 15 is 0 Å². The highest BCUT2D eigenvalue weighted by atomic mass is 19.1. The third kappa shape index (κ3) is 4.83. The van der Waals surface area contributed by atoms with Crippen LogP contribution in [0.3, 0.4) is 0 Å². The molecule has 0 saturated carbocycles. The summed E-state index contributed by atoms with van der Waals surface area (Å²) in [6.07, 6.45) is 1.59. The number of pyridine rings is 1. The van der Waals surface area contributed by atoms with Crippen molar-refractivity contribution >= 4 is 5.91 Å². The number of hydrogen-bond donors (Lipinski definition) is 0. The topological polar surface area (TPSA) is 54.8 Å². The van der Waals surface area contributed by atoms with Crippen LogP contribution in [-0.2, 0) is 6.54 Å². The van der Waals surface area contributed by atoms with Crippen molar-refractivity contribution < 1.29 is 13.9 Å². The first kappa shape index (κ1) is 20.8. The maximum absolute atomic E-state index is 13.4. The second-order valence-electron chi connectivity index (χ2n) is 7.52. The van der Waals surface area contributed by atoms with Crippen LogP contribution in [0.1, 0.15) is 15.9 Å². The van der Waals surface area contributed by atoms with Gasteiger partial charge in [-0.25, -0.2) is 4.39 Å². The lowest BCUT2D eigenvalue weighted by Crippen LogP contribution is -2.48. The van der Waals surface area contributed by atoms with E-state index in [0.717, 1.165) is 5.56 Å². The maximum Gasteiger partial charge on any atom is 0.255 e. The number of hydrogen-bond acceptors (Lipinski definition) is 4. The summed E-state index contributed by atoms with van der Waals surface area (Å²) in [4.78, 5) is 29.4. The van der Waals surface area contributed by atoms with Crippen molar-refractivity contribution in [3.8, 4) is 11.4 Å². The molecule has 3 aromatic rings. The van der Waals surface area contributed by atoms with Gasteiger partial charge in [0.1, 0.15) is 11.6 Å². The molecule has 0 aliphatic carbocycles. The Balaban J connectivity index is 1.43. The van der Waals surface area contributed by atoms with Gasteiger partial charge < -0.3 is 9.64 Å². The van der Waals surface area contributed by atoms with E-state index in [1.165, 1.54) is 16.7 Å². The summed E-state index contributed by atoms with van der Waals surface area (Å²) < 4.78 is 20.0. The van der Waals surface area contributed by atoms with Crippen molar-refractivity contribution in [1.82, 2.24) is 14.4 Å². The molecule has 31 heavy (non-hydrogen) atoms. The van der Waals surface area contributed by atoms with Gasteiger partial charge >= 0.3 is 0 Å². The van der Waals surface area contributed by atoms with Crippen LogP contribution in [0.25, 0.3) is 5.69 Å². The molecule has 0 N–H and O–H groups in total. The second-order valence-corrected chi connectivity index (χ2v) is 7.52. The summed E-state index contributed by atoms with van der Waals surface area (Å²) in [7, 11) is 1.58. The van der Waals surface area contributed by atoms with Crippen LogP contribution in [0.15, 0.2) is 71.7 Å². The van der Waals surface area contributed by atoms with E-state index in [0.29, 0.717) is 49.7 Å². The predicted molar refractivity (Wildman–Crippen MR) is 116 cm³/mol. The van der Waals surface area contributed by atoms with Crippen LogP contribution in [-0.4, -0.2) is 53.6 Å². The average Bonchev–Trinajstić information content (AvgIpc) is 2.80. The lowest BCUT2D eigenvalue weighted by molar-refractivity contribution is 0.0627. The number of ether oxygens (including phenoxy) is 1. The van der Waals surface area contributed by atoms with E-state index < -0.39 is 0 Å². The molecule has 0 spiro atoms. The highest BCUT2D eigenvalue weighted by Gasteiger charge is 2.23. The molecule has 1 amide bonds. The first-order valence-electron chi connectivity index (χ1n) is 10.2. The van der Waals surface area contributed by atoms with E-state index in [2.05, 4.69) is 4.90 Å². The number of methoxy groups -OCH3 is 1. The monoisotopic (exact) mass is 421 g/mol. The number of amides is 1. The van der Waals surface area contributed by atoms with Crippen LogP contribution >= 0.6 is 0 Å². The molecule has 0 atom stereocenters. The molecule has 0 bridgehead atoms. The zero-order valence-electron chi connectivity index (χ0n) is 17.3. The molecule has 2 heterocycles. The molecule has 1 fully saturated rings. The Hall–Kier alpha value is -3.45. The Morgan fingerprint density at radius 1 is 1.00 bits per heavy atom. The average molecular weight is 421 g/mol. The van der Waals surface area contributed by atoms with E-state index in [1.54, 1.807) is 60.7 Å². The van der Waals surface area contributed by atoms with Gasteiger partial charge in [0.15, 0.2) is 0 Å². The minimum Gasteiger partial charge on any atom is -0.497 e. The summed E-state index contributed by atoms with van der Waals surface area (Å²) >= 11 is 0. The molecule has 6 nitrogen and oxygen atoms in total. The second kappa shape index (κ2) is 9.14. The van der Waals surface area contributed by atoms with Crippen LogP contribution in [0.2, 0.25) is 0 Å². The molecule has 1 aliphatic rings. The molecule has 1 saturated heterocycles. The predicted octanol–water partition coefficient (Wildman–Crippen LogP) is 2.94. The highest BCUT2D eigenvalue weighted by Crippen LogP contribution is 2.16. The van der Waals surface area contributed by atoms with Gasteiger partial charge in [0, 0.05) is 50.7 Å². The normalized spacial score (nSPS) is 14.5. The highest BCUT2D eigenvalue weighted by molar-refractivity contribution is 5.94. The lowest BCUT2D eigenvalue weighted by atomic mass is 10.1. The van der Waals surface area contributed by atoms with Gasteiger partial charge in [0.25, 0.3) is 11.5 Å². The number of rotatable bonds is 5. The fraction of sp³-hybridized carbons (Fsp3) is 0.250. The Labute approximate surface area is 180 Å². The van der Waals surface area contributed by atoms with Gasteiger partial charge in [0.05, 0.1) is 12.7 Å². The number of carbonyl (C=O) groups excluding carboxylic acids is 1. The van der Waals surface area contributed by atoms with Gasteiger partial charge in [-0.2, -0.15) is 0 Å². The molecule has 1 aliphatic heterocycles. The maximum atomic E-state index is 13.4. The number of halogens is 1. The molecule has 0 radical (unpaired) electrons. The van der Waals surface area contributed by atoms with Crippen molar-refractivity contribution in [2.75, 3.05) is 33.3 Å². The first-order valence-corrected chi connectivity index (χ1v) is 10.2. The van der Waals surface area contributed by atoms with Crippen molar-refractivity contribution in [3.05, 3.63) is 94.2 Å². The zero-order valence-corrected chi connectivity index (χ0v) is 17.3. The summed E-state index contributed by atoms with van der Waals surface area (Å²) in [5, 5.41) is 0. The van der Waals surface area contributed by atoms with Crippen LogP contribution in [0, 0.1) is 5.82 Å². The van der Waals surface area contributed by atoms with Gasteiger partial charge in [-0.05, 0) is 48.0 Å². The van der Waals surface area contributed by atoms with E-state index in [1.807, 2.05) is 6.07 Å². The third-order valence-electron chi connectivity index (χ3n) is 5.46. The first-order chi connectivity index (χ1) is 15.0. The fourth-order valence-corrected chi connectivity index (χ4v) is 3.74. The van der Waals surface area contributed by atoms with Crippen LogP contribution < -0.4 is 10.3 Å². The minimum absolute atomic E-state index is 0.104. The largest absolute Gasteiger partial charge is 0.497 e.